The Hall–Kier alpha value is -3.68. The minimum absolute atomic E-state index is 0.00311. The van der Waals surface area contributed by atoms with E-state index < -0.39 is 5.97 Å². The molecule has 9 heteroatoms. The lowest BCUT2D eigenvalue weighted by molar-refractivity contribution is 0.0697. The highest BCUT2D eigenvalue weighted by Gasteiger charge is 2.23. The summed E-state index contributed by atoms with van der Waals surface area (Å²) in [5.74, 6) is -1.13. The first-order valence-corrected chi connectivity index (χ1v) is 11.5. The summed E-state index contributed by atoms with van der Waals surface area (Å²) in [6, 6.07) is 10.0. The number of carboxylic acid groups (broad SMARTS) is 1. The molecular weight excluding hydrogens is 487 g/mol. The van der Waals surface area contributed by atoms with Crippen LogP contribution >= 0.6 is 23.2 Å². The highest BCUT2D eigenvalue weighted by molar-refractivity contribution is 6.40. The predicted molar refractivity (Wildman–Crippen MR) is 139 cm³/mol. The van der Waals surface area contributed by atoms with Gasteiger partial charge in [-0.2, -0.15) is 0 Å². The van der Waals surface area contributed by atoms with E-state index in [1.54, 1.807) is 19.3 Å². The third-order valence-corrected chi connectivity index (χ3v) is 6.38. The van der Waals surface area contributed by atoms with Crippen molar-refractivity contribution < 1.29 is 15.0 Å². The molecule has 0 aliphatic heterocycles. The number of benzene rings is 1. The number of rotatable bonds is 6. The average molecular weight is 509 g/mol. The molecule has 0 radical (unpaired) electrons. The van der Waals surface area contributed by atoms with Crippen LogP contribution in [-0.4, -0.2) is 36.4 Å². The van der Waals surface area contributed by atoms with E-state index in [0.29, 0.717) is 33.3 Å². The number of hydrogen-bond donors (Lipinski definition) is 3. The van der Waals surface area contributed by atoms with Gasteiger partial charge in [-0.25, -0.2) is 9.78 Å². The lowest BCUT2D eigenvalue weighted by Crippen LogP contribution is -2.08. The summed E-state index contributed by atoms with van der Waals surface area (Å²) in [4.78, 5) is 20.6. The van der Waals surface area contributed by atoms with Crippen molar-refractivity contribution in [2.75, 3.05) is 0 Å². The number of nitrogens with one attached hydrogen (secondary N) is 1. The fourth-order valence-electron chi connectivity index (χ4n) is 4.18. The maximum absolute atomic E-state index is 11.5. The van der Waals surface area contributed by atoms with E-state index in [-0.39, 0.29) is 33.1 Å². The number of aliphatic hydroxyl groups is 1. The van der Waals surface area contributed by atoms with Crippen LogP contribution in [0.3, 0.4) is 0 Å². The van der Waals surface area contributed by atoms with E-state index in [1.165, 1.54) is 19.1 Å². The molecule has 3 N–H and O–H groups in total. The standard InChI is InChI=1S/C26H22Cl2N4O3/c1-13(29)23(15(3)33)17-8-18-19(24-20(27)9-16(26(34)35)10-21(24)28)12-32(25(18)31-11-17)14(2)22-6-4-5-7-30-22/h4-12,14,29,33H,1-3H3,(H,34,35)/b23-15+,29-13?/t14-/m0/s1. The van der Waals surface area contributed by atoms with E-state index in [1.807, 2.05) is 42.0 Å². The molecule has 0 bridgehead atoms. The molecule has 0 amide bonds. The second-order valence-corrected chi connectivity index (χ2v) is 9.00. The van der Waals surface area contributed by atoms with Gasteiger partial charge in [0.2, 0.25) is 0 Å². The molecule has 1 atom stereocenters. The Morgan fingerprint density at radius 2 is 1.74 bits per heavy atom. The Morgan fingerprint density at radius 1 is 1.06 bits per heavy atom. The number of hydrogen-bond acceptors (Lipinski definition) is 5. The second kappa shape index (κ2) is 9.52. The number of aromatic carboxylic acids is 1. The number of nitrogens with zero attached hydrogens (tertiary/aromatic N) is 3. The van der Waals surface area contributed by atoms with Crippen LogP contribution in [0.4, 0.5) is 0 Å². The first-order valence-electron chi connectivity index (χ1n) is 10.7. The van der Waals surface area contributed by atoms with Crippen LogP contribution in [0.15, 0.2) is 60.7 Å². The van der Waals surface area contributed by atoms with Crippen molar-refractivity contribution in [3.63, 3.8) is 0 Å². The lowest BCUT2D eigenvalue weighted by atomic mass is 9.99. The van der Waals surface area contributed by atoms with Gasteiger partial charge in [-0.05, 0) is 51.1 Å². The molecule has 0 spiro atoms. The third-order valence-electron chi connectivity index (χ3n) is 5.79. The normalized spacial score (nSPS) is 12.9. The van der Waals surface area contributed by atoms with E-state index >= 15 is 0 Å². The monoisotopic (exact) mass is 508 g/mol. The number of carbonyl (C=O) groups is 1. The van der Waals surface area contributed by atoms with Crippen LogP contribution in [0.25, 0.3) is 27.7 Å². The molecule has 7 nitrogen and oxygen atoms in total. The minimum Gasteiger partial charge on any atom is -0.512 e. The fourth-order valence-corrected chi connectivity index (χ4v) is 4.87. The van der Waals surface area contributed by atoms with Gasteiger partial charge in [0, 0.05) is 52.0 Å². The highest BCUT2D eigenvalue weighted by atomic mass is 35.5. The molecule has 1 aromatic carbocycles. The summed E-state index contributed by atoms with van der Waals surface area (Å²) in [7, 11) is 0. The van der Waals surface area contributed by atoms with Gasteiger partial charge < -0.3 is 20.2 Å². The van der Waals surface area contributed by atoms with Gasteiger partial charge in [0.05, 0.1) is 33.1 Å². The minimum atomic E-state index is -1.13. The van der Waals surface area contributed by atoms with Crippen LogP contribution < -0.4 is 0 Å². The van der Waals surface area contributed by atoms with Crippen LogP contribution in [0.5, 0.6) is 0 Å². The first kappa shape index (κ1) is 24.4. The highest BCUT2D eigenvalue weighted by Crippen LogP contribution is 2.42. The van der Waals surface area contributed by atoms with Gasteiger partial charge in [0.15, 0.2) is 0 Å². The summed E-state index contributed by atoms with van der Waals surface area (Å²) >= 11 is 13.1. The topological polar surface area (TPSA) is 112 Å². The smallest absolute Gasteiger partial charge is 0.335 e. The molecular formula is C26H22Cl2N4O3. The number of fused-ring (bicyclic) bond motifs is 1. The zero-order valence-electron chi connectivity index (χ0n) is 19.2. The number of aromatic nitrogens is 3. The summed E-state index contributed by atoms with van der Waals surface area (Å²) in [5.41, 5.74) is 3.65. The molecule has 4 aromatic rings. The number of allylic oxidation sites excluding steroid dienone is 2. The third kappa shape index (κ3) is 4.52. The van der Waals surface area contributed by atoms with Gasteiger partial charge in [0.1, 0.15) is 5.65 Å². The van der Waals surface area contributed by atoms with Gasteiger partial charge in [-0.15, -0.1) is 0 Å². The van der Waals surface area contributed by atoms with Crippen molar-refractivity contribution in [1.82, 2.24) is 14.5 Å². The number of aliphatic hydroxyl groups excluding tert-OH is 1. The number of pyridine rings is 2. The van der Waals surface area contributed by atoms with Crippen molar-refractivity contribution >= 4 is 51.5 Å². The summed E-state index contributed by atoms with van der Waals surface area (Å²) < 4.78 is 1.95. The molecule has 0 saturated carbocycles. The van der Waals surface area contributed by atoms with Crippen LogP contribution in [0.1, 0.15) is 48.4 Å². The van der Waals surface area contributed by atoms with Crippen LogP contribution in [0, 0.1) is 5.41 Å². The molecule has 0 fully saturated rings. The fraction of sp³-hybridized carbons (Fsp3) is 0.154. The average Bonchev–Trinajstić information content (AvgIpc) is 3.16. The molecule has 0 aliphatic carbocycles. The lowest BCUT2D eigenvalue weighted by Gasteiger charge is -2.14. The zero-order valence-corrected chi connectivity index (χ0v) is 20.7. The Morgan fingerprint density at radius 3 is 2.29 bits per heavy atom. The summed E-state index contributed by atoms with van der Waals surface area (Å²) in [6.07, 6.45) is 5.19. The maximum Gasteiger partial charge on any atom is 0.335 e. The summed E-state index contributed by atoms with van der Waals surface area (Å²) in [6.45, 7) is 5.10. The molecule has 35 heavy (non-hydrogen) atoms. The van der Waals surface area contributed by atoms with Crippen LogP contribution in [-0.2, 0) is 0 Å². The Labute approximate surface area is 211 Å². The zero-order chi connectivity index (χ0) is 25.4. The Kier molecular flexibility index (Phi) is 6.65. The van der Waals surface area contributed by atoms with Crippen molar-refractivity contribution in [3.8, 4) is 11.1 Å². The molecule has 4 rings (SSSR count). The van der Waals surface area contributed by atoms with E-state index in [4.69, 9.17) is 28.6 Å². The molecule has 0 saturated heterocycles. The molecule has 3 aromatic heterocycles. The quantitative estimate of drug-likeness (QED) is 0.191. The first-order chi connectivity index (χ1) is 16.6. The summed E-state index contributed by atoms with van der Waals surface area (Å²) in [5, 5.41) is 28.7. The van der Waals surface area contributed by atoms with E-state index in [9.17, 15) is 15.0 Å². The largest absolute Gasteiger partial charge is 0.512 e. The van der Waals surface area contributed by atoms with Gasteiger partial charge in [-0.1, -0.05) is 29.3 Å². The second-order valence-electron chi connectivity index (χ2n) is 8.18. The van der Waals surface area contributed by atoms with Crippen molar-refractivity contribution in [1.29, 1.82) is 5.41 Å². The molecule has 178 valence electrons. The molecule has 3 heterocycles. The Bertz CT molecular complexity index is 1480. The van der Waals surface area contributed by atoms with Crippen molar-refractivity contribution in [3.05, 3.63) is 87.6 Å². The SMILES string of the molecule is CC(=N)/C(=C(/C)O)c1cnc2c(c1)c(-c1c(Cl)cc(C(=O)O)cc1Cl)cn2[C@@H](C)c1ccccn1. The van der Waals surface area contributed by atoms with Crippen molar-refractivity contribution in [2.24, 2.45) is 0 Å². The number of halogens is 2. The number of carboxylic acids is 1. The molecule has 0 aliphatic rings. The molecule has 0 unspecified atom stereocenters. The predicted octanol–water partition coefficient (Wildman–Crippen LogP) is 7.04. The van der Waals surface area contributed by atoms with E-state index in [0.717, 1.165) is 5.69 Å². The van der Waals surface area contributed by atoms with Crippen LogP contribution in [0.2, 0.25) is 10.0 Å². The van der Waals surface area contributed by atoms with Gasteiger partial charge in [0.25, 0.3) is 0 Å². The van der Waals surface area contributed by atoms with Gasteiger partial charge >= 0.3 is 5.97 Å². The van der Waals surface area contributed by atoms with E-state index in [2.05, 4.69) is 9.97 Å². The van der Waals surface area contributed by atoms with Gasteiger partial charge in [-0.3, -0.25) is 4.98 Å². The van der Waals surface area contributed by atoms with Crippen molar-refractivity contribution in [2.45, 2.75) is 26.8 Å². The Balaban J connectivity index is 2.04. The maximum atomic E-state index is 11.5.